The van der Waals surface area contributed by atoms with Gasteiger partial charge in [0.1, 0.15) is 11.6 Å². The molecule has 1 rings (SSSR count). The molecular weight excluding hydrogens is 342 g/mol. The van der Waals surface area contributed by atoms with Crippen LogP contribution < -0.4 is 0 Å². The molecule has 0 aliphatic heterocycles. The number of hydrogen-bond acceptors (Lipinski definition) is 0. The minimum atomic E-state index is -0.487. The highest BCUT2D eigenvalue weighted by Gasteiger charge is 2.24. The van der Waals surface area contributed by atoms with Gasteiger partial charge in [-0.2, -0.15) is 0 Å². The lowest BCUT2D eigenvalue weighted by atomic mass is 9.96. The smallest absolute Gasteiger partial charge is 0.144 e. The molecule has 4 heteroatoms. The Hall–Kier alpha value is 0.0400. The van der Waals surface area contributed by atoms with E-state index >= 15 is 0 Å². The van der Waals surface area contributed by atoms with Crippen LogP contribution in [-0.4, -0.2) is 0 Å². The second-order valence-electron chi connectivity index (χ2n) is 4.39. The Kier molecular flexibility index (Phi) is 4.52. The Morgan fingerprint density at radius 2 is 1.06 bits per heavy atom. The van der Waals surface area contributed by atoms with Crippen molar-refractivity contribution in [2.75, 3.05) is 0 Å². The van der Waals surface area contributed by atoms with Crippen molar-refractivity contribution in [1.82, 2.24) is 0 Å². The van der Waals surface area contributed by atoms with E-state index in [1.807, 2.05) is 13.8 Å². The quantitative estimate of drug-likeness (QED) is 0.593. The Bertz CT molecular complexity index is 344. The Morgan fingerprint density at radius 1 is 0.750 bits per heavy atom. The van der Waals surface area contributed by atoms with E-state index in [2.05, 4.69) is 31.9 Å². The summed E-state index contributed by atoms with van der Waals surface area (Å²) in [4.78, 5) is 0. The molecule has 0 unspecified atom stereocenters. The van der Waals surface area contributed by atoms with Crippen molar-refractivity contribution in [3.05, 3.63) is 31.7 Å². The molecule has 0 N–H and O–H groups in total. The first-order valence-electron chi connectivity index (χ1n) is 5.14. The van der Waals surface area contributed by atoms with Crippen LogP contribution in [0.15, 0.2) is 8.95 Å². The van der Waals surface area contributed by atoms with Crippen molar-refractivity contribution < 1.29 is 8.78 Å². The summed E-state index contributed by atoms with van der Waals surface area (Å²) in [7, 11) is 0. The van der Waals surface area contributed by atoms with Crippen molar-refractivity contribution in [1.29, 1.82) is 0 Å². The summed E-state index contributed by atoms with van der Waals surface area (Å²) in [5.41, 5.74) is 0.766. The molecule has 0 atom stereocenters. The Labute approximate surface area is 112 Å². The molecule has 0 radical (unpaired) electrons. The SMILES string of the molecule is CC(C)c1c(F)c(Br)c(C(C)C)c(Br)c1F. The molecule has 0 amide bonds. The molecule has 1 aromatic rings. The van der Waals surface area contributed by atoms with E-state index in [0.29, 0.717) is 14.5 Å². The Morgan fingerprint density at radius 3 is 1.31 bits per heavy atom. The molecular formula is C12H14Br2F2. The molecule has 0 aliphatic rings. The summed E-state index contributed by atoms with van der Waals surface area (Å²) in [6.45, 7) is 7.35. The number of rotatable bonds is 2. The van der Waals surface area contributed by atoms with E-state index in [0.717, 1.165) is 0 Å². The van der Waals surface area contributed by atoms with Gasteiger partial charge in [-0.25, -0.2) is 8.78 Å². The first kappa shape index (κ1) is 14.1. The van der Waals surface area contributed by atoms with Gasteiger partial charge in [0.2, 0.25) is 0 Å². The van der Waals surface area contributed by atoms with Crippen LogP contribution in [0.25, 0.3) is 0 Å². The van der Waals surface area contributed by atoms with Gasteiger partial charge in [0, 0.05) is 5.56 Å². The fourth-order valence-electron chi connectivity index (χ4n) is 1.68. The first-order chi connectivity index (χ1) is 7.29. The maximum atomic E-state index is 14.0. The zero-order valence-electron chi connectivity index (χ0n) is 9.67. The predicted molar refractivity (Wildman–Crippen MR) is 69.9 cm³/mol. The molecule has 0 saturated heterocycles. The van der Waals surface area contributed by atoms with Crippen LogP contribution in [0.3, 0.4) is 0 Å². The van der Waals surface area contributed by atoms with Crippen molar-refractivity contribution in [3.63, 3.8) is 0 Å². The maximum Gasteiger partial charge on any atom is 0.144 e. The third kappa shape index (κ3) is 2.33. The molecule has 0 heterocycles. The second-order valence-corrected chi connectivity index (χ2v) is 5.98. The van der Waals surface area contributed by atoms with Gasteiger partial charge < -0.3 is 0 Å². The van der Waals surface area contributed by atoms with Gasteiger partial charge in [-0.05, 0) is 49.3 Å². The molecule has 90 valence electrons. The third-order valence-corrected chi connectivity index (χ3v) is 4.04. The van der Waals surface area contributed by atoms with Gasteiger partial charge in [-0.3, -0.25) is 0 Å². The summed E-state index contributed by atoms with van der Waals surface area (Å²) in [6.07, 6.45) is 0. The van der Waals surface area contributed by atoms with Crippen molar-refractivity contribution in [2.24, 2.45) is 0 Å². The maximum absolute atomic E-state index is 14.0. The van der Waals surface area contributed by atoms with Crippen LogP contribution in [0.5, 0.6) is 0 Å². The lowest BCUT2D eigenvalue weighted by Crippen LogP contribution is -2.05. The second kappa shape index (κ2) is 5.13. The van der Waals surface area contributed by atoms with Crippen LogP contribution in [-0.2, 0) is 0 Å². The molecule has 0 bridgehead atoms. The lowest BCUT2D eigenvalue weighted by Gasteiger charge is -2.18. The molecule has 0 fully saturated rings. The average Bonchev–Trinajstić information content (AvgIpc) is 2.14. The number of benzene rings is 1. The van der Waals surface area contributed by atoms with E-state index in [1.165, 1.54) is 0 Å². The normalized spacial score (nSPS) is 11.6. The monoisotopic (exact) mass is 354 g/mol. The van der Waals surface area contributed by atoms with Crippen LogP contribution in [0.2, 0.25) is 0 Å². The molecule has 16 heavy (non-hydrogen) atoms. The summed E-state index contributed by atoms with van der Waals surface area (Å²) < 4.78 is 28.7. The van der Waals surface area contributed by atoms with Gasteiger partial charge in [0.25, 0.3) is 0 Å². The minimum Gasteiger partial charge on any atom is -0.205 e. The van der Waals surface area contributed by atoms with Crippen LogP contribution >= 0.6 is 31.9 Å². The minimum absolute atomic E-state index is 0.0500. The molecule has 1 aromatic carbocycles. The summed E-state index contributed by atoms with van der Waals surface area (Å²) in [5.74, 6) is -1.11. The van der Waals surface area contributed by atoms with Gasteiger partial charge in [-0.1, -0.05) is 27.7 Å². The van der Waals surface area contributed by atoms with E-state index < -0.39 is 11.6 Å². The number of hydrogen-bond donors (Lipinski definition) is 0. The molecule has 0 spiro atoms. The van der Waals surface area contributed by atoms with Gasteiger partial charge in [-0.15, -0.1) is 0 Å². The fraction of sp³-hybridized carbons (Fsp3) is 0.500. The van der Waals surface area contributed by atoms with Gasteiger partial charge in [0.15, 0.2) is 0 Å². The largest absolute Gasteiger partial charge is 0.205 e. The lowest BCUT2D eigenvalue weighted by molar-refractivity contribution is 0.527. The topological polar surface area (TPSA) is 0 Å². The predicted octanol–water partition coefficient (Wildman–Crippen LogP) is 5.74. The highest BCUT2D eigenvalue weighted by atomic mass is 79.9. The van der Waals surface area contributed by atoms with Crippen LogP contribution in [0, 0.1) is 11.6 Å². The summed E-state index contributed by atoms with van der Waals surface area (Å²) in [6, 6.07) is 0. The van der Waals surface area contributed by atoms with E-state index in [1.54, 1.807) is 13.8 Å². The molecule has 0 nitrogen and oxygen atoms in total. The van der Waals surface area contributed by atoms with E-state index in [-0.39, 0.29) is 17.4 Å². The van der Waals surface area contributed by atoms with Crippen molar-refractivity contribution in [2.45, 2.75) is 39.5 Å². The molecule has 0 aromatic heterocycles. The van der Waals surface area contributed by atoms with Crippen LogP contribution in [0.1, 0.15) is 50.7 Å². The first-order valence-corrected chi connectivity index (χ1v) is 6.73. The van der Waals surface area contributed by atoms with Crippen molar-refractivity contribution >= 4 is 31.9 Å². The summed E-state index contributed by atoms with van der Waals surface area (Å²) >= 11 is 6.43. The van der Waals surface area contributed by atoms with Crippen LogP contribution in [0.4, 0.5) is 8.78 Å². The van der Waals surface area contributed by atoms with Crippen molar-refractivity contribution in [3.8, 4) is 0 Å². The number of halogens is 4. The zero-order chi connectivity index (χ0) is 12.6. The standard InChI is InChI=1S/C12H14Br2F2/c1-5(2)7-9(13)11(15)8(6(3)4)12(16)10(7)14/h5-6H,1-4H3. The molecule has 0 saturated carbocycles. The third-order valence-electron chi connectivity index (χ3n) is 2.49. The zero-order valence-corrected chi connectivity index (χ0v) is 12.8. The highest BCUT2D eigenvalue weighted by Crippen LogP contribution is 2.40. The fourth-order valence-corrected chi connectivity index (χ4v) is 3.68. The average molecular weight is 356 g/mol. The van der Waals surface area contributed by atoms with E-state index in [4.69, 9.17) is 0 Å². The Balaban J connectivity index is 3.63. The molecule has 0 aliphatic carbocycles. The van der Waals surface area contributed by atoms with Gasteiger partial charge in [0.05, 0.1) is 8.95 Å². The highest BCUT2D eigenvalue weighted by molar-refractivity contribution is 9.11. The van der Waals surface area contributed by atoms with E-state index in [9.17, 15) is 8.78 Å². The summed E-state index contributed by atoms with van der Waals surface area (Å²) in [5, 5.41) is 0. The van der Waals surface area contributed by atoms with Gasteiger partial charge >= 0.3 is 0 Å².